The summed E-state index contributed by atoms with van der Waals surface area (Å²) in [5.74, 6) is 8.78. The zero-order valence-electron chi connectivity index (χ0n) is 35.1. The van der Waals surface area contributed by atoms with Gasteiger partial charge >= 0.3 is 131 Å². The van der Waals surface area contributed by atoms with Gasteiger partial charge in [-0.25, -0.2) is 0 Å². The van der Waals surface area contributed by atoms with Crippen LogP contribution in [-0.4, -0.2) is 23.2 Å². The molecule has 0 N–H and O–H groups in total. The van der Waals surface area contributed by atoms with Gasteiger partial charge in [-0.3, -0.25) is 0 Å². The van der Waals surface area contributed by atoms with Gasteiger partial charge in [0.2, 0.25) is 0 Å². The van der Waals surface area contributed by atoms with E-state index < -0.39 is 13.3 Å². The first kappa shape index (κ1) is 42.1. The fraction of sp³-hybridized carbons (Fsp3) is 0.273. The molecule has 1 radical (unpaired) electrons. The van der Waals surface area contributed by atoms with Crippen LogP contribution in [0.2, 0.25) is 17.3 Å². The summed E-state index contributed by atoms with van der Waals surface area (Å²) in [6.07, 6.45) is 17.5. The molecule has 60 heavy (non-hydrogen) atoms. The number of benzene rings is 5. The van der Waals surface area contributed by atoms with Crippen LogP contribution in [0.5, 0.6) is 0 Å². The van der Waals surface area contributed by atoms with Crippen LogP contribution in [-0.2, 0) is 26.5 Å². The van der Waals surface area contributed by atoms with Crippen molar-refractivity contribution in [1.82, 2.24) is 9.97 Å². The van der Waals surface area contributed by atoms with Crippen LogP contribution < -0.4 is 4.40 Å². The molecular formula is C55H54GeIrN2O-2. The minimum absolute atomic E-state index is 0. The standard InChI is InChI=1S/C36H30NO.C19H24GeN.Ir/c1-3-7-25(8-4-1)21-26-19-20-37-34(22-26)31-16-18-35-33(23-31)32-17-15-30(24-36(32)38-35)29-13-11-28(12-14-29)27-9-5-2-6-10-27;1-20(2,3)18-11-12-19(21-14-18)17-10-6-9-16(13-17)15-7-4-5-8-15;/h2,5-6,9-15,17-20,22-25H,1,3-4,7-8,21H2;6,9,11-15H,4-5,7-8H2,1-3H3;/q2*-1;. The first-order chi connectivity index (χ1) is 28.8. The Hall–Kier alpha value is -4.61. The Bertz CT molecular complexity index is 2650. The molecule has 2 aliphatic carbocycles. The summed E-state index contributed by atoms with van der Waals surface area (Å²) in [5.41, 5.74) is 13.6. The molecule has 0 aliphatic heterocycles. The molecule has 2 saturated carbocycles. The van der Waals surface area contributed by atoms with E-state index in [1.165, 1.54) is 90.0 Å². The number of hydrogen-bond donors (Lipinski definition) is 0. The number of pyridine rings is 2. The van der Waals surface area contributed by atoms with Crippen LogP contribution in [0.15, 0.2) is 144 Å². The summed E-state index contributed by atoms with van der Waals surface area (Å²) < 4.78 is 7.73. The molecule has 0 spiro atoms. The Kier molecular flexibility index (Phi) is 13.3. The van der Waals surface area contributed by atoms with Crippen LogP contribution in [0, 0.1) is 18.1 Å². The summed E-state index contributed by atoms with van der Waals surface area (Å²) in [6, 6.07) is 52.2. The summed E-state index contributed by atoms with van der Waals surface area (Å²) in [4.78, 5) is 9.39. The van der Waals surface area contributed by atoms with E-state index in [0.29, 0.717) is 0 Å². The van der Waals surface area contributed by atoms with E-state index in [-0.39, 0.29) is 20.1 Å². The summed E-state index contributed by atoms with van der Waals surface area (Å²) in [6.45, 7) is 0. The van der Waals surface area contributed by atoms with E-state index in [1.54, 1.807) is 0 Å². The quantitative estimate of drug-likeness (QED) is 0.112. The Morgan fingerprint density at radius 2 is 1.30 bits per heavy atom. The second-order valence-electron chi connectivity index (χ2n) is 17.8. The van der Waals surface area contributed by atoms with Crippen molar-refractivity contribution < 1.29 is 24.5 Å². The molecule has 2 aliphatic rings. The average Bonchev–Trinajstić information content (AvgIpc) is 3.96. The van der Waals surface area contributed by atoms with E-state index in [2.05, 4.69) is 151 Å². The average molecular weight is 1020 g/mol. The van der Waals surface area contributed by atoms with Gasteiger partial charge in [-0.2, -0.15) is 0 Å². The summed E-state index contributed by atoms with van der Waals surface area (Å²) >= 11 is -1.76. The van der Waals surface area contributed by atoms with Gasteiger partial charge in [-0.1, -0.05) is 116 Å². The molecule has 8 aromatic rings. The van der Waals surface area contributed by atoms with E-state index in [9.17, 15) is 0 Å². The normalized spacial score (nSPS) is 14.8. The van der Waals surface area contributed by atoms with Gasteiger partial charge in [0.15, 0.2) is 0 Å². The topological polar surface area (TPSA) is 38.9 Å². The van der Waals surface area contributed by atoms with Gasteiger partial charge in [-0.15, -0.1) is 23.8 Å². The second kappa shape index (κ2) is 19.0. The van der Waals surface area contributed by atoms with Crippen molar-refractivity contribution in [3.05, 3.63) is 163 Å². The molecule has 0 bridgehead atoms. The Morgan fingerprint density at radius 1 is 0.600 bits per heavy atom. The fourth-order valence-corrected chi connectivity index (χ4v) is 11.3. The largest absolute Gasteiger partial charge is 0.500 e. The minimum atomic E-state index is -1.76. The number of fused-ring (bicyclic) bond motifs is 3. The summed E-state index contributed by atoms with van der Waals surface area (Å²) in [5, 5.41) is 2.23. The molecular weight excluding hydrogens is 969 g/mol. The molecule has 0 amide bonds. The van der Waals surface area contributed by atoms with E-state index >= 15 is 0 Å². The maximum absolute atomic E-state index is 6.27. The van der Waals surface area contributed by atoms with Crippen molar-refractivity contribution in [2.75, 3.05) is 0 Å². The molecule has 305 valence electrons. The second-order valence-corrected chi connectivity index (χ2v) is 28.5. The number of rotatable bonds is 8. The number of nitrogens with zero attached hydrogens (tertiary/aromatic N) is 2. The molecule has 0 atom stereocenters. The molecule has 3 nitrogen and oxygen atoms in total. The number of hydrogen-bond acceptors (Lipinski definition) is 3. The third kappa shape index (κ3) is 9.78. The van der Waals surface area contributed by atoms with E-state index in [4.69, 9.17) is 14.4 Å². The van der Waals surface area contributed by atoms with Crippen LogP contribution in [0.25, 0.3) is 66.7 Å². The molecule has 0 saturated heterocycles. The first-order valence-corrected chi connectivity index (χ1v) is 29.2. The van der Waals surface area contributed by atoms with Gasteiger partial charge in [0, 0.05) is 31.7 Å². The van der Waals surface area contributed by atoms with Crippen LogP contribution in [0.1, 0.15) is 74.8 Å². The van der Waals surface area contributed by atoms with Crippen molar-refractivity contribution in [3.8, 4) is 44.8 Å². The first-order valence-electron chi connectivity index (χ1n) is 21.8. The van der Waals surface area contributed by atoms with Crippen molar-refractivity contribution in [1.29, 1.82) is 0 Å². The fourth-order valence-electron chi connectivity index (χ4n) is 9.15. The SMILES string of the molecule is [CH3][Ge]([CH3])([CH3])[c]1ccc(-c2[c-]ccc(C3CCCC3)c2)nc1.[Ir].[c-]1cc2oc3cc(-c4ccc(-c5ccccc5)cc4)ccc3c2cc1-c1cc(CC2CCCCC2)ccn1. The van der Waals surface area contributed by atoms with Crippen LogP contribution in [0.3, 0.4) is 0 Å². The van der Waals surface area contributed by atoms with Crippen LogP contribution in [0.4, 0.5) is 0 Å². The number of furan rings is 1. The van der Waals surface area contributed by atoms with Gasteiger partial charge in [-0.05, 0) is 52.4 Å². The van der Waals surface area contributed by atoms with Crippen molar-refractivity contribution >= 4 is 39.6 Å². The van der Waals surface area contributed by atoms with E-state index in [1.807, 2.05) is 18.3 Å². The van der Waals surface area contributed by atoms with Gasteiger partial charge < -0.3 is 9.40 Å². The molecule has 0 unspecified atom stereocenters. The molecule has 3 aromatic heterocycles. The van der Waals surface area contributed by atoms with E-state index in [0.717, 1.165) is 68.3 Å². The smallest absolute Gasteiger partial charge is 0.121 e. The molecule has 3 heterocycles. The maximum Gasteiger partial charge on any atom is 0.121 e. The van der Waals surface area contributed by atoms with Crippen molar-refractivity contribution in [2.45, 2.75) is 87.4 Å². The predicted octanol–water partition coefficient (Wildman–Crippen LogP) is 14.7. The maximum atomic E-state index is 6.27. The molecule has 10 rings (SSSR count). The van der Waals surface area contributed by atoms with Crippen molar-refractivity contribution in [3.63, 3.8) is 0 Å². The monoisotopic (exact) mass is 1030 g/mol. The zero-order chi connectivity index (χ0) is 40.2. The third-order valence-electron chi connectivity index (χ3n) is 12.6. The Balaban J connectivity index is 0.000000193. The van der Waals surface area contributed by atoms with Crippen LogP contribution >= 0.6 is 0 Å². The molecule has 5 aromatic carbocycles. The molecule has 2 fully saturated rings. The number of aromatic nitrogens is 2. The van der Waals surface area contributed by atoms with Gasteiger partial charge in [0.1, 0.15) is 5.58 Å². The van der Waals surface area contributed by atoms with Crippen molar-refractivity contribution in [2.24, 2.45) is 5.92 Å². The third-order valence-corrected chi connectivity index (χ3v) is 16.9. The Morgan fingerprint density at radius 3 is 2.03 bits per heavy atom. The predicted molar refractivity (Wildman–Crippen MR) is 250 cm³/mol. The van der Waals surface area contributed by atoms with Gasteiger partial charge in [0.25, 0.3) is 0 Å². The summed E-state index contributed by atoms with van der Waals surface area (Å²) in [7, 11) is 0. The molecule has 5 heteroatoms. The zero-order valence-corrected chi connectivity index (χ0v) is 39.6. The minimum Gasteiger partial charge on any atom is -0.500 e. The van der Waals surface area contributed by atoms with Gasteiger partial charge in [0.05, 0.1) is 5.58 Å². The Labute approximate surface area is 372 Å².